The van der Waals surface area contributed by atoms with Crippen molar-refractivity contribution in [2.24, 2.45) is 5.92 Å². The fourth-order valence-corrected chi connectivity index (χ4v) is 3.37. The van der Waals surface area contributed by atoms with Gasteiger partial charge >= 0.3 is 0 Å². The lowest BCUT2D eigenvalue weighted by molar-refractivity contribution is 0.0889. The maximum Gasteiger partial charge on any atom is 0.225 e. The molecule has 1 unspecified atom stereocenters. The molecule has 1 saturated heterocycles. The number of hydrogen-bond acceptors (Lipinski definition) is 6. The van der Waals surface area contributed by atoms with E-state index in [0.29, 0.717) is 0 Å². The van der Waals surface area contributed by atoms with Crippen molar-refractivity contribution < 1.29 is 5.11 Å². The number of pyridine rings is 2. The summed E-state index contributed by atoms with van der Waals surface area (Å²) in [6, 6.07) is 13.3. The van der Waals surface area contributed by atoms with Crippen LogP contribution in [-0.2, 0) is 0 Å². The fraction of sp³-hybridized carbons (Fsp3) is 0.300. The van der Waals surface area contributed by atoms with Crippen LogP contribution in [0.2, 0.25) is 0 Å². The summed E-state index contributed by atoms with van der Waals surface area (Å²) >= 11 is 0. The van der Waals surface area contributed by atoms with Crippen molar-refractivity contribution >= 4 is 5.95 Å². The average Bonchev–Trinajstić information content (AvgIpc) is 2.75. The second-order valence-corrected chi connectivity index (χ2v) is 6.48. The lowest BCUT2D eigenvalue weighted by Gasteiger charge is -2.34. The lowest BCUT2D eigenvalue weighted by atomic mass is 9.89. The predicted octanol–water partition coefficient (Wildman–Crippen LogP) is 2.88. The summed E-state index contributed by atoms with van der Waals surface area (Å²) in [5.74, 6) is 0.930. The van der Waals surface area contributed by atoms with Crippen molar-refractivity contribution in [1.29, 1.82) is 0 Å². The van der Waals surface area contributed by atoms with E-state index in [-0.39, 0.29) is 5.92 Å². The van der Waals surface area contributed by atoms with Crippen molar-refractivity contribution in [3.8, 4) is 11.4 Å². The maximum absolute atomic E-state index is 10.6. The van der Waals surface area contributed by atoms with E-state index < -0.39 is 6.10 Å². The first-order valence-electron chi connectivity index (χ1n) is 8.89. The second-order valence-electron chi connectivity index (χ2n) is 6.48. The highest BCUT2D eigenvalue weighted by Gasteiger charge is 2.28. The summed E-state index contributed by atoms with van der Waals surface area (Å²) in [7, 11) is 0. The van der Waals surface area contributed by atoms with Gasteiger partial charge in [-0.15, -0.1) is 0 Å². The van der Waals surface area contributed by atoms with Crippen LogP contribution in [0.15, 0.2) is 61.1 Å². The van der Waals surface area contributed by atoms with Crippen molar-refractivity contribution in [1.82, 2.24) is 19.9 Å². The molecule has 3 aromatic heterocycles. The van der Waals surface area contributed by atoms with Gasteiger partial charge in [-0.3, -0.25) is 9.97 Å². The van der Waals surface area contributed by atoms with E-state index in [4.69, 9.17) is 0 Å². The van der Waals surface area contributed by atoms with E-state index in [9.17, 15) is 5.11 Å². The Bertz CT molecular complexity index is 835. The average molecular weight is 347 g/mol. The smallest absolute Gasteiger partial charge is 0.225 e. The van der Waals surface area contributed by atoms with E-state index in [1.54, 1.807) is 18.6 Å². The van der Waals surface area contributed by atoms with Crippen LogP contribution in [0.3, 0.4) is 0 Å². The largest absolute Gasteiger partial charge is 0.387 e. The number of aliphatic hydroxyl groups excluding tert-OH is 1. The molecule has 1 N–H and O–H groups in total. The summed E-state index contributed by atoms with van der Waals surface area (Å²) in [4.78, 5) is 19.9. The van der Waals surface area contributed by atoms with Crippen LogP contribution in [0.1, 0.15) is 24.6 Å². The van der Waals surface area contributed by atoms with Crippen LogP contribution in [0.25, 0.3) is 11.4 Å². The van der Waals surface area contributed by atoms with Crippen molar-refractivity contribution in [3.05, 3.63) is 66.7 Å². The summed E-state index contributed by atoms with van der Waals surface area (Å²) in [5.41, 5.74) is 2.42. The molecule has 0 bridgehead atoms. The van der Waals surface area contributed by atoms with E-state index in [2.05, 4.69) is 24.8 Å². The Labute approximate surface area is 152 Å². The van der Waals surface area contributed by atoms with Gasteiger partial charge in [-0.25, -0.2) is 9.97 Å². The highest BCUT2D eigenvalue weighted by Crippen LogP contribution is 2.31. The van der Waals surface area contributed by atoms with Crippen LogP contribution < -0.4 is 4.90 Å². The topological polar surface area (TPSA) is 75.0 Å². The van der Waals surface area contributed by atoms with Gasteiger partial charge in [0.25, 0.3) is 0 Å². The summed E-state index contributed by atoms with van der Waals surface area (Å²) in [6.07, 6.45) is 6.52. The van der Waals surface area contributed by atoms with Gasteiger partial charge in [0.1, 0.15) is 0 Å². The third-order valence-corrected chi connectivity index (χ3v) is 4.83. The quantitative estimate of drug-likeness (QED) is 0.782. The van der Waals surface area contributed by atoms with Gasteiger partial charge in [0.2, 0.25) is 5.95 Å². The summed E-state index contributed by atoms with van der Waals surface area (Å²) < 4.78 is 0. The molecule has 1 aliphatic rings. The SMILES string of the molecule is OC(c1ccccn1)C1CCN(c2nccc(-c3ccccn3)n2)CC1. The first-order valence-corrected chi connectivity index (χ1v) is 8.89. The molecule has 4 heterocycles. The molecular formula is C20H21N5O. The van der Waals surface area contributed by atoms with Crippen LogP contribution in [0.5, 0.6) is 0 Å². The number of anilines is 1. The number of piperidine rings is 1. The zero-order valence-electron chi connectivity index (χ0n) is 14.4. The molecule has 1 aliphatic heterocycles. The molecular weight excluding hydrogens is 326 g/mol. The molecule has 3 aromatic rings. The molecule has 0 aromatic carbocycles. The first kappa shape index (κ1) is 16.6. The monoisotopic (exact) mass is 347 g/mol. The standard InChI is InChI=1S/C20H21N5O/c26-19(18-6-2-4-11-22-18)15-8-13-25(14-9-15)20-23-12-7-17(24-20)16-5-1-3-10-21-16/h1-7,10-12,15,19,26H,8-9,13-14H2. The molecule has 0 saturated carbocycles. The zero-order chi connectivity index (χ0) is 17.8. The third-order valence-electron chi connectivity index (χ3n) is 4.83. The van der Waals surface area contributed by atoms with Crippen molar-refractivity contribution in [2.75, 3.05) is 18.0 Å². The van der Waals surface area contributed by atoms with Crippen LogP contribution >= 0.6 is 0 Å². The molecule has 4 rings (SSSR count). The molecule has 0 aliphatic carbocycles. The maximum atomic E-state index is 10.6. The first-order chi connectivity index (χ1) is 12.8. The second kappa shape index (κ2) is 7.58. The number of aromatic nitrogens is 4. The van der Waals surface area contributed by atoms with Gasteiger partial charge in [-0.05, 0) is 49.1 Å². The minimum absolute atomic E-state index is 0.208. The molecule has 0 spiro atoms. The molecule has 6 nitrogen and oxygen atoms in total. The minimum atomic E-state index is -0.515. The van der Waals surface area contributed by atoms with E-state index in [0.717, 1.165) is 49.0 Å². The number of aliphatic hydroxyl groups is 1. The van der Waals surface area contributed by atoms with Crippen LogP contribution in [0, 0.1) is 5.92 Å². The Hall–Kier alpha value is -2.86. The van der Waals surface area contributed by atoms with Crippen molar-refractivity contribution in [2.45, 2.75) is 18.9 Å². The third kappa shape index (κ3) is 3.55. The highest BCUT2D eigenvalue weighted by molar-refractivity contribution is 5.55. The zero-order valence-corrected chi connectivity index (χ0v) is 14.4. The fourth-order valence-electron chi connectivity index (χ4n) is 3.37. The number of hydrogen-bond donors (Lipinski definition) is 1. The molecule has 132 valence electrons. The Morgan fingerprint density at radius 3 is 2.31 bits per heavy atom. The van der Waals surface area contributed by atoms with E-state index >= 15 is 0 Å². The molecule has 1 fully saturated rings. The van der Waals surface area contributed by atoms with Gasteiger partial charge in [0, 0.05) is 31.7 Å². The molecule has 6 heteroatoms. The van der Waals surface area contributed by atoms with Crippen LogP contribution in [0.4, 0.5) is 5.95 Å². The predicted molar refractivity (Wildman–Crippen MR) is 99.4 cm³/mol. The van der Waals surface area contributed by atoms with Crippen LogP contribution in [-0.4, -0.2) is 38.1 Å². The minimum Gasteiger partial charge on any atom is -0.387 e. The Morgan fingerprint density at radius 1 is 0.846 bits per heavy atom. The Balaban J connectivity index is 1.44. The molecule has 26 heavy (non-hydrogen) atoms. The van der Waals surface area contributed by atoms with Gasteiger partial charge in [0.05, 0.1) is 23.2 Å². The van der Waals surface area contributed by atoms with Gasteiger partial charge < -0.3 is 10.0 Å². The van der Waals surface area contributed by atoms with Gasteiger partial charge in [-0.1, -0.05) is 12.1 Å². The van der Waals surface area contributed by atoms with E-state index in [1.807, 2.05) is 42.5 Å². The normalized spacial score (nSPS) is 16.4. The summed E-state index contributed by atoms with van der Waals surface area (Å²) in [6.45, 7) is 1.64. The van der Waals surface area contributed by atoms with Gasteiger partial charge in [-0.2, -0.15) is 0 Å². The van der Waals surface area contributed by atoms with Gasteiger partial charge in [0.15, 0.2) is 0 Å². The molecule has 0 amide bonds. The highest BCUT2D eigenvalue weighted by atomic mass is 16.3. The summed E-state index contributed by atoms with van der Waals surface area (Å²) in [5, 5.41) is 10.6. The van der Waals surface area contributed by atoms with E-state index in [1.165, 1.54) is 0 Å². The van der Waals surface area contributed by atoms with Crippen molar-refractivity contribution in [3.63, 3.8) is 0 Å². The Kier molecular flexibility index (Phi) is 4.84. The Morgan fingerprint density at radius 2 is 1.62 bits per heavy atom. The lowest BCUT2D eigenvalue weighted by Crippen LogP contribution is -2.36. The molecule has 1 atom stereocenters. The number of rotatable bonds is 4. The number of nitrogens with zero attached hydrogens (tertiary/aromatic N) is 5. The molecule has 0 radical (unpaired) electrons.